The highest BCUT2D eigenvalue weighted by molar-refractivity contribution is 7.94. The van der Waals surface area contributed by atoms with Crippen LogP contribution in [0, 0.1) is 0 Å². The van der Waals surface area contributed by atoms with Crippen LogP contribution < -0.4 is 15.3 Å². The number of hydrogen-bond acceptors (Lipinski definition) is 7. The van der Waals surface area contributed by atoms with Gasteiger partial charge < -0.3 is 20.4 Å². The molecule has 0 aromatic heterocycles. The molecule has 60 heavy (non-hydrogen) atoms. The molecule has 0 bridgehead atoms. The number of benzene rings is 6. The number of para-hydroxylation sites is 2. The van der Waals surface area contributed by atoms with Gasteiger partial charge in [0, 0.05) is 45.3 Å². The smallest absolute Gasteiger partial charge is 0.123 e. The van der Waals surface area contributed by atoms with Gasteiger partial charge in [0.05, 0.1) is 23.4 Å². The zero-order chi connectivity index (χ0) is 43.6. The van der Waals surface area contributed by atoms with Gasteiger partial charge in [0.15, 0.2) is 0 Å². The maximum absolute atomic E-state index is 11.4. The molecule has 0 spiro atoms. The van der Waals surface area contributed by atoms with Crippen molar-refractivity contribution in [3.63, 3.8) is 0 Å². The molecule has 0 saturated heterocycles. The molecule has 6 aromatic rings. The van der Waals surface area contributed by atoms with E-state index in [0.29, 0.717) is 18.0 Å². The van der Waals surface area contributed by atoms with E-state index in [1.807, 2.05) is 53.6 Å². The zero-order valence-corrected chi connectivity index (χ0v) is 38.3. The molecule has 6 rings (SSSR count). The average molecular weight is 822 g/mol. The van der Waals surface area contributed by atoms with Gasteiger partial charge in [-0.3, -0.25) is 0 Å². The minimum atomic E-state index is -0.277. The molecule has 0 radical (unpaired) electrons. The Morgan fingerprint density at radius 2 is 0.850 bits per heavy atom. The fourth-order valence-corrected chi connectivity index (χ4v) is 7.87. The van der Waals surface area contributed by atoms with Gasteiger partial charge in [0.25, 0.3) is 0 Å². The summed E-state index contributed by atoms with van der Waals surface area (Å²) in [6.45, 7) is 26.3. The Morgan fingerprint density at radius 1 is 0.467 bits per heavy atom. The minimum Gasteiger partial charge on any atom is -0.507 e. The maximum atomic E-state index is 11.4. The highest BCUT2D eigenvalue weighted by Crippen LogP contribution is 2.45. The topological polar surface area (TPSA) is 68.2 Å². The number of anilines is 6. The van der Waals surface area contributed by atoms with Gasteiger partial charge in [-0.2, -0.15) is 4.28 Å². The molecule has 0 heterocycles. The van der Waals surface area contributed by atoms with E-state index in [2.05, 4.69) is 178 Å². The van der Waals surface area contributed by atoms with Gasteiger partial charge in [0.1, 0.15) is 11.5 Å². The Labute approximate surface area is 363 Å². The van der Waals surface area contributed by atoms with Crippen LogP contribution in [0.3, 0.4) is 0 Å². The molecule has 0 fully saturated rings. The van der Waals surface area contributed by atoms with Crippen LogP contribution in [0.1, 0.15) is 111 Å². The summed E-state index contributed by atoms with van der Waals surface area (Å²) < 4.78 is 6.53. The standard InChI is InChI=1S/C53H63N3O3S/c1-50(2,3)44-31-36(32-45(48(44)57)51(4,5)6)35-55(39-19-15-13-16-20-39)40-27-23-37(24-28-40)54-38-25-29-43(30-26-38)60-59-56(41-21-17-14-18-22-41)42-33-46(52(7,8)9)49(58)47(34-42)53(10,11)12/h13-34,54,57-58H,35H2,1-12H3. The van der Waals surface area contributed by atoms with Crippen molar-refractivity contribution < 1.29 is 14.5 Å². The molecule has 6 aromatic carbocycles. The third-order valence-electron chi connectivity index (χ3n) is 10.7. The molecule has 3 N–H and O–H groups in total. The zero-order valence-electron chi connectivity index (χ0n) is 37.5. The lowest BCUT2D eigenvalue weighted by molar-refractivity contribution is 0.380. The summed E-state index contributed by atoms with van der Waals surface area (Å²) in [6, 6.07) is 45.7. The third-order valence-corrected chi connectivity index (χ3v) is 11.3. The second-order valence-electron chi connectivity index (χ2n) is 19.8. The van der Waals surface area contributed by atoms with E-state index in [9.17, 15) is 10.2 Å². The molecule has 0 unspecified atom stereocenters. The average Bonchev–Trinajstić information content (AvgIpc) is 3.18. The number of hydrogen-bond donors (Lipinski definition) is 3. The quantitative estimate of drug-likeness (QED) is 0.0888. The Bertz CT molecular complexity index is 2300. The van der Waals surface area contributed by atoms with Gasteiger partial charge in [-0.05, 0) is 135 Å². The highest BCUT2D eigenvalue weighted by Gasteiger charge is 2.30. The van der Waals surface area contributed by atoms with Gasteiger partial charge in [0.2, 0.25) is 0 Å². The van der Waals surface area contributed by atoms with E-state index in [1.54, 1.807) is 0 Å². The fraction of sp³-hybridized carbons (Fsp3) is 0.321. The molecular weight excluding hydrogens is 759 g/mol. The predicted octanol–water partition coefficient (Wildman–Crippen LogP) is 15.1. The molecule has 0 atom stereocenters. The predicted molar refractivity (Wildman–Crippen MR) is 255 cm³/mol. The molecule has 0 amide bonds. The van der Waals surface area contributed by atoms with Crippen molar-refractivity contribution in [1.29, 1.82) is 0 Å². The first-order valence-electron chi connectivity index (χ1n) is 20.8. The van der Waals surface area contributed by atoms with E-state index in [-0.39, 0.29) is 21.7 Å². The van der Waals surface area contributed by atoms with E-state index in [4.69, 9.17) is 4.28 Å². The third kappa shape index (κ3) is 10.5. The maximum Gasteiger partial charge on any atom is 0.123 e. The Hall–Kier alpha value is -5.37. The van der Waals surface area contributed by atoms with Gasteiger partial charge in [-0.25, -0.2) is 5.06 Å². The number of nitrogens with zero attached hydrogens (tertiary/aromatic N) is 2. The lowest BCUT2D eigenvalue weighted by Gasteiger charge is -2.31. The first-order valence-corrected chi connectivity index (χ1v) is 21.6. The van der Waals surface area contributed by atoms with Crippen molar-refractivity contribution in [2.24, 2.45) is 0 Å². The number of rotatable bonds is 11. The summed E-state index contributed by atoms with van der Waals surface area (Å²) in [5.41, 5.74) is 9.68. The first kappa shape index (κ1) is 44.2. The monoisotopic (exact) mass is 821 g/mol. The Morgan fingerprint density at radius 3 is 1.28 bits per heavy atom. The number of aromatic hydroxyl groups is 2. The minimum absolute atomic E-state index is 0.210. The summed E-state index contributed by atoms with van der Waals surface area (Å²) >= 11 is 1.29. The molecule has 314 valence electrons. The second kappa shape index (κ2) is 17.3. The van der Waals surface area contributed by atoms with Crippen molar-refractivity contribution in [2.75, 3.05) is 15.3 Å². The molecule has 0 aliphatic carbocycles. The summed E-state index contributed by atoms with van der Waals surface area (Å²) in [6.07, 6.45) is 0. The Balaban J connectivity index is 1.21. The SMILES string of the molecule is CC(C)(C)c1cc(CN(c2ccccc2)c2ccc(Nc3ccc(SON(c4ccccc4)c4cc(C(C)(C)C)c(O)c(C(C)(C)C)c4)cc3)cc2)cc(C(C)(C)C)c1O. The van der Waals surface area contributed by atoms with Crippen LogP contribution in [-0.2, 0) is 32.5 Å². The molecular formula is C53H63N3O3S. The number of nitrogens with one attached hydrogen (secondary N) is 1. The summed E-state index contributed by atoms with van der Waals surface area (Å²) in [5, 5.41) is 28.2. The van der Waals surface area contributed by atoms with Crippen LogP contribution in [0.4, 0.5) is 34.1 Å². The van der Waals surface area contributed by atoms with Crippen molar-refractivity contribution in [2.45, 2.75) is 116 Å². The van der Waals surface area contributed by atoms with Crippen molar-refractivity contribution >= 4 is 46.2 Å². The van der Waals surface area contributed by atoms with Crippen LogP contribution in [0.5, 0.6) is 11.5 Å². The van der Waals surface area contributed by atoms with Gasteiger partial charge in [-0.15, -0.1) is 0 Å². The van der Waals surface area contributed by atoms with Gasteiger partial charge in [-0.1, -0.05) is 119 Å². The number of phenols is 2. The fourth-order valence-electron chi connectivity index (χ4n) is 7.30. The van der Waals surface area contributed by atoms with E-state index in [1.165, 1.54) is 12.0 Å². The summed E-state index contributed by atoms with van der Waals surface area (Å²) in [4.78, 5) is 3.27. The van der Waals surface area contributed by atoms with Crippen LogP contribution in [0.15, 0.2) is 138 Å². The molecule has 7 heteroatoms. The largest absolute Gasteiger partial charge is 0.507 e. The van der Waals surface area contributed by atoms with Crippen molar-refractivity contribution in [3.05, 3.63) is 161 Å². The summed E-state index contributed by atoms with van der Waals surface area (Å²) in [7, 11) is 0. The van der Waals surface area contributed by atoms with Crippen LogP contribution in [0.25, 0.3) is 0 Å². The van der Waals surface area contributed by atoms with E-state index in [0.717, 1.165) is 66.8 Å². The first-order chi connectivity index (χ1) is 28.1. The molecule has 0 aliphatic heterocycles. The summed E-state index contributed by atoms with van der Waals surface area (Å²) in [5.74, 6) is 0.733. The Kier molecular flexibility index (Phi) is 12.8. The normalized spacial score (nSPS) is 12.3. The van der Waals surface area contributed by atoms with Crippen LogP contribution in [0.2, 0.25) is 0 Å². The highest BCUT2D eigenvalue weighted by atomic mass is 32.2. The van der Waals surface area contributed by atoms with Crippen LogP contribution in [-0.4, -0.2) is 10.2 Å². The second-order valence-corrected chi connectivity index (χ2v) is 20.6. The van der Waals surface area contributed by atoms with Gasteiger partial charge >= 0.3 is 0 Å². The number of phenolic OH excluding ortho intramolecular Hbond substituents is 2. The van der Waals surface area contributed by atoms with Crippen LogP contribution >= 0.6 is 12.0 Å². The molecule has 6 nitrogen and oxygen atoms in total. The van der Waals surface area contributed by atoms with E-state index < -0.39 is 0 Å². The van der Waals surface area contributed by atoms with E-state index >= 15 is 0 Å². The lowest BCUT2D eigenvalue weighted by atomic mass is 9.78. The van der Waals surface area contributed by atoms with Crippen molar-refractivity contribution in [3.8, 4) is 11.5 Å². The van der Waals surface area contributed by atoms with Crippen molar-refractivity contribution in [1.82, 2.24) is 0 Å². The molecule has 0 aliphatic rings. The molecule has 0 saturated carbocycles. The lowest BCUT2D eigenvalue weighted by Crippen LogP contribution is -2.21.